The number of thioether (sulfide) groups is 1. The van der Waals surface area contributed by atoms with E-state index in [1.165, 1.54) is 30.0 Å². The fourth-order valence-electron chi connectivity index (χ4n) is 5.08. The van der Waals surface area contributed by atoms with Gasteiger partial charge < -0.3 is 10.2 Å². The van der Waals surface area contributed by atoms with E-state index < -0.39 is 4.92 Å². The fourth-order valence-corrected chi connectivity index (χ4v) is 5.83. The van der Waals surface area contributed by atoms with Crippen molar-refractivity contribution in [3.05, 3.63) is 101 Å². The monoisotopic (exact) mass is 566 g/mol. The molecule has 0 radical (unpaired) electrons. The number of anilines is 2. The summed E-state index contributed by atoms with van der Waals surface area (Å²) in [5.41, 5.74) is 2.15. The molecule has 206 valence electrons. The summed E-state index contributed by atoms with van der Waals surface area (Å²) in [4.78, 5) is 34.6. The van der Waals surface area contributed by atoms with E-state index >= 15 is 0 Å². The number of hydrogen-bond donors (Lipinski definition) is 1. The van der Waals surface area contributed by atoms with Gasteiger partial charge in [-0.3, -0.25) is 19.5 Å². The van der Waals surface area contributed by atoms with Gasteiger partial charge in [0, 0.05) is 47.9 Å². The number of nitrogens with zero attached hydrogens (tertiary/aromatic N) is 7. The van der Waals surface area contributed by atoms with Gasteiger partial charge in [0.1, 0.15) is 18.0 Å². The lowest BCUT2D eigenvalue weighted by Gasteiger charge is -2.33. The van der Waals surface area contributed by atoms with E-state index in [1.807, 2.05) is 53.1 Å². The summed E-state index contributed by atoms with van der Waals surface area (Å²) in [7, 11) is 0. The second-order valence-electron chi connectivity index (χ2n) is 9.63. The number of rotatable bonds is 8. The van der Waals surface area contributed by atoms with Crippen LogP contribution in [0.5, 0.6) is 0 Å². The highest BCUT2D eigenvalue weighted by Gasteiger charge is 2.28. The third-order valence-electron chi connectivity index (χ3n) is 7.03. The lowest BCUT2D eigenvalue weighted by Crippen LogP contribution is -2.34. The third kappa shape index (κ3) is 5.73. The zero-order valence-corrected chi connectivity index (χ0v) is 22.8. The van der Waals surface area contributed by atoms with E-state index in [4.69, 9.17) is 0 Å². The van der Waals surface area contributed by atoms with Crippen LogP contribution in [0.25, 0.3) is 16.6 Å². The Morgan fingerprint density at radius 2 is 1.76 bits per heavy atom. The molecule has 0 saturated carbocycles. The van der Waals surface area contributed by atoms with Gasteiger partial charge in [-0.15, -0.1) is 10.2 Å². The van der Waals surface area contributed by atoms with Crippen molar-refractivity contribution in [2.24, 2.45) is 0 Å². The van der Waals surface area contributed by atoms with Gasteiger partial charge in [-0.05, 0) is 43.2 Å². The number of non-ortho nitro benzene ring substituents is 1. The Bertz CT molecular complexity index is 1700. The topological polar surface area (TPSA) is 132 Å². The lowest BCUT2D eigenvalue weighted by atomic mass is 9.95. The molecule has 2 aromatic heterocycles. The van der Waals surface area contributed by atoms with E-state index in [9.17, 15) is 14.9 Å². The molecule has 1 aliphatic heterocycles. The number of nitrogens with one attached hydrogen (secondary N) is 1. The van der Waals surface area contributed by atoms with E-state index in [0.29, 0.717) is 10.8 Å². The van der Waals surface area contributed by atoms with Gasteiger partial charge in [-0.2, -0.15) is 0 Å². The van der Waals surface area contributed by atoms with Gasteiger partial charge in [-0.25, -0.2) is 9.97 Å². The van der Waals surface area contributed by atoms with Gasteiger partial charge in [0.2, 0.25) is 5.91 Å². The smallest absolute Gasteiger partial charge is 0.271 e. The van der Waals surface area contributed by atoms with Crippen molar-refractivity contribution in [1.29, 1.82) is 0 Å². The standard InChI is InChI=1S/C29H26N8O3S/c38-26(32-21-7-6-10-23(17-21)37(39)40)18-41-29-34-33-27(36(29)22-8-2-1-3-9-22)20-13-15-35(16-14-20)28-24-11-4-5-12-25(24)30-19-31-28/h1-12,17,19-20H,13-16,18H2,(H,32,38). The number of amides is 1. The minimum atomic E-state index is -0.492. The van der Waals surface area contributed by atoms with Crippen molar-refractivity contribution in [3.8, 4) is 5.69 Å². The molecule has 1 amide bonds. The minimum absolute atomic E-state index is 0.0763. The first kappa shape index (κ1) is 26.4. The van der Waals surface area contributed by atoms with Crippen LogP contribution in [0, 0.1) is 10.1 Å². The number of nitro groups is 1. The molecule has 0 atom stereocenters. The molecule has 1 aliphatic rings. The first-order valence-corrected chi connectivity index (χ1v) is 14.2. The minimum Gasteiger partial charge on any atom is -0.356 e. The first-order valence-electron chi connectivity index (χ1n) is 13.2. The quantitative estimate of drug-likeness (QED) is 0.152. The molecule has 11 nitrogen and oxygen atoms in total. The Hall–Kier alpha value is -4.84. The Kier molecular flexibility index (Phi) is 7.54. The maximum absolute atomic E-state index is 12.7. The van der Waals surface area contributed by atoms with Gasteiger partial charge >= 0.3 is 0 Å². The van der Waals surface area contributed by atoms with Crippen molar-refractivity contribution in [2.45, 2.75) is 23.9 Å². The maximum Gasteiger partial charge on any atom is 0.271 e. The number of aromatic nitrogens is 5. The van der Waals surface area contributed by atoms with E-state index in [0.717, 1.165) is 54.2 Å². The van der Waals surface area contributed by atoms with Gasteiger partial charge in [-0.1, -0.05) is 48.2 Å². The van der Waals surface area contributed by atoms with Crippen LogP contribution >= 0.6 is 11.8 Å². The summed E-state index contributed by atoms with van der Waals surface area (Å²) in [6, 6.07) is 23.8. The van der Waals surface area contributed by atoms with Crippen LogP contribution in [0.15, 0.2) is 90.3 Å². The number of carbonyl (C=O) groups excluding carboxylic acids is 1. The van der Waals surface area contributed by atoms with Crippen molar-refractivity contribution < 1.29 is 9.72 Å². The molecular formula is C29H26N8O3S. The number of para-hydroxylation sites is 2. The number of benzene rings is 3. The van der Waals surface area contributed by atoms with E-state index in [2.05, 4.69) is 36.4 Å². The van der Waals surface area contributed by atoms with Gasteiger partial charge in [0.05, 0.1) is 16.2 Å². The zero-order valence-electron chi connectivity index (χ0n) is 22.0. The van der Waals surface area contributed by atoms with Crippen LogP contribution in [0.3, 0.4) is 0 Å². The molecule has 1 fully saturated rings. The lowest BCUT2D eigenvalue weighted by molar-refractivity contribution is -0.384. The number of fused-ring (bicyclic) bond motifs is 1. The van der Waals surface area contributed by atoms with E-state index in [1.54, 1.807) is 12.4 Å². The number of piperidine rings is 1. The summed E-state index contributed by atoms with van der Waals surface area (Å²) >= 11 is 1.28. The second-order valence-corrected chi connectivity index (χ2v) is 10.6. The molecule has 5 aromatic rings. The summed E-state index contributed by atoms with van der Waals surface area (Å²) in [5, 5.41) is 24.5. The van der Waals surface area contributed by atoms with Crippen LogP contribution in [0.1, 0.15) is 24.6 Å². The molecule has 0 unspecified atom stereocenters. The number of nitro benzene ring substituents is 1. The highest BCUT2D eigenvalue weighted by Crippen LogP contribution is 2.34. The molecule has 1 N–H and O–H groups in total. The Balaban J connectivity index is 1.18. The summed E-state index contributed by atoms with van der Waals surface area (Å²) < 4.78 is 2.03. The predicted molar refractivity (Wildman–Crippen MR) is 158 cm³/mol. The molecule has 0 spiro atoms. The SMILES string of the molecule is O=C(CSc1nnc(C2CCN(c3ncnc4ccccc34)CC2)n1-c1ccccc1)Nc1cccc([N+](=O)[O-])c1. The van der Waals surface area contributed by atoms with Gasteiger partial charge in [0.25, 0.3) is 5.69 Å². The van der Waals surface area contributed by atoms with E-state index in [-0.39, 0.29) is 23.3 Å². The Labute approximate surface area is 239 Å². The predicted octanol–water partition coefficient (Wildman–Crippen LogP) is 5.23. The van der Waals surface area contributed by atoms with Crippen LogP contribution in [0.2, 0.25) is 0 Å². The van der Waals surface area contributed by atoms with Crippen molar-refractivity contribution in [2.75, 3.05) is 29.1 Å². The Morgan fingerprint density at radius 3 is 2.56 bits per heavy atom. The van der Waals surface area contributed by atoms with Crippen LogP contribution < -0.4 is 10.2 Å². The number of carbonyl (C=O) groups is 1. The summed E-state index contributed by atoms with van der Waals surface area (Å²) in [5.74, 6) is 1.78. The third-order valence-corrected chi connectivity index (χ3v) is 7.96. The molecule has 0 bridgehead atoms. The molecule has 41 heavy (non-hydrogen) atoms. The average molecular weight is 567 g/mol. The van der Waals surface area contributed by atoms with Gasteiger partial charge in [0.15, 0.2) is 5.16 Å². The molecule has 6 rings (SSSR count). The van der Waals surface area contributed by atoms with Crippen molar-refractivity contribution >= 4 is 45.8 Å². The summed E-state index contributed by atoms with van der Waals surface area (Å²) in [6.45, 7) is 1.64. The normalized spacial score (nSPS) is 13.8. The Morgan fingerprint density at radius 1 is 0.976 bits per heavy atom. The maximum atomic E-state index is 12.7. The zero-order chi connectivity index (χ0) is 28.2. The fraction of sp³-hybridized carbons (Fsp3) is 0.207. The highest BCUT2D eigenvalue weighted by molar-refractivity contribution is 7.99. The molecular weight excluding hydrogens is 540 g/mol. The van der Waals surface area contributed by atoms with Crippen molar-refractivity contribution in [3.63, 3.8) is 0 Å². The van der Waals surface area contributed by atoms with Crippen LogP contribution in [-0.4, -0.2) is 54.4 Å². The molecule has 12 heteroatoms. The second kappa shape index (κ2) is 11.7. The average Bonchev–Trinajstić information content (AvgIpc) is 3.44. The first-order chi connectivity index (χ1) is 20.1. The summed E-state index contributed by atoms with van der Waals surface area (Å²) in [6.07, 6.45) is 3.37. The largest absolute Gasteiger partial charge is 0.356 e. The molecule has 3 heterocycles. The number of hydrogen-bond acceptors (Lipinski definition) is 9. The highest BCUT2D eigenvalue weighted by atomic mass is 32.2. The van der Waals surface area contributed by atoms with Crippen LogP contribution in [-0.2, 0) is 4.79 Å². The van der Waals surface area contributed by atoms with Crippen LogP contribution in [0.4, 0.5) is 17.2 Å². The molecule has 3 aromatic carbocycles. The molecule has 1 saturated heterocycles. The molecule has 0 aliphatic carbocycles. The van der Waals surface area contributed by atoms with Crippen molar-refractivity contribution in [1.82, 2.24) is 24.7 Å².